The Morgan fingerprint density at radius 2 is 2.11 bits per heavy atom. The van der Waals surface area contributed by atoms with E-state index in [0.29, 0.717) is 18.4 Å². The number of amides is 2. The molecule has 5 heteroatoms. The van der Waals surface area contributed by atoms with Gasteiger partial charge in [0.15, 0.2) is 0 Å². The number of nitrogens with zero attached hydrogens (tertiary/aromatic N) is 1. The maximum atomic E-state index is 12.5. The average molecular weight is 265 g/mol. The van der Waals surface area contributed by atoms with Crippen LogP contribution in [0.3, 0.4) is 0 Å². The van der Waals surface area contributed by atoms with Crippen molar-refractivity contribution in [3.05, 3.63) is 0 Å². The molecule has 3 unspecified atom stereocenters. The lowest BCUT2D eigenvalue weighted by Gasteiger charge is -2.42. The minimum absolute atomic E-state index is 0.0310. The molecular formula is C14H23N3O2. The van der Waals surface area contributed by atoms with Crippen molar-refractivity contribution in [3.63, 3.8) is 0 Å². The van der Waals surface area contributed by atoms with Crippen molar-refractivity contribution in [2.24, 2.45) is 5.92 Å². The van der Waals surface area contributed by atoms with Crippen LogP contribution in [0.15, 0.2) is 0 Å². The zero-order valence-corrected chi connectivity index (χ0v) is 11.4. The molecule has 3 atom stereocenters. The van der Waals surface area contributed by atoms with Crippen molar-refractivity contribution in [1.82, 2.24) is 15.5 Å². The molecule has 3 aliphatic rings. The molecule has 19 heavy (non-hydrogen) atoms. The molecule has 0 spiro atoms. The lowest BCUT2D eigenvalue weighted by molar-refractivity contribution is -0.137. The van der Waals surface area contributed by atoms with E-state index in [-0.39, 0.29) is 17.9 Å². The largest absolute Gasteiger partial charge is 0.353 e. The van der Waals surface area contributed by atoms with Crippen LogP contribution in [0.2, 0.25) is 0 Å². The number of hydrogen-bond acceptors (Lipinski definition) is 3. The second kappa shape index (κ2) is 5.49. The summed E-state index contributed by atoms with van der Waals surface area (Å²) in [6.45, 7) is 2.58. The molecule has 3 aliphatic heterocycles. The minimum atomic E-state index is 0.0310. The molecule has 106 valence electrons. The molecular weight excluding hydrogens is 242 g/mol. The van der Waals surface area contributed by atoms with Gasteiger partial charge in [0.25, 0.3) is 0 Å². The summed E-state index contributed by atoms with van der Waals surface area (Å²) in [6, 6.07) is 0.327. The number of nitrogens with one attached hydrogen (secondary N) is 2. The number of piperidine rings is 3. The first kappa shape index (κ1) is 12.9. The van der Waals surface area contributed by atoms with Crippen molar-refractivity contribution >= 4 is 11.8 Å². The number of rotatable bonds is 1. The predicted octanol–water partition coefficient (Wildman–Crippen LogP) is 0.256. The highest BCUT2D eigenvalue weighted by molar-refractivity contribution is 5.82. The minimum Gasteiger partial charge on any atom is -0.353 e. The highest BCUT2D eigenvalue weighted by Gasteiger charge is 2.37. The molecule has 0 aromatic heterocycles. The average Bonchev–Trinajstić information content (AvgIpc) is 2.47. The van der Waals surface area contributed by atoms with Gasteiger partial charge >= 0.3 is 0 Å². The van der Waals surface area contributed by atoms with E-state index in [1.165, 1.54) is 6.42 Å². The molecule has 0 aromatic rings. The van der Waals surface area contributed by atoms with Gasteiger partial charge in [-0.05, 0) is 38.1 Å². The van der Waals surface area contributed by atoms with Gasteiger partial charge in [-0.3, -0.25) is 9.59 Å². The van der Waals surface area contributed by atoms with Crippen molar-refractivity contribution in [2.45, 2.75) is 50.6 Å². The quantitative estimate of drug-likeness (QED) is 0.715. The third-order valence-corrected chi connectivity index (χ3v) is 4.74. The first-order valence-corrected chi connectivity index (χ1v) is 7.55. The first-order chi connectivity index (χ1) is 9.24. The van der Waals surface area contributed by atoms with Crippen LogP contribution >= 0.6 is 0 Å². The van der Waals surface area contributed by atoms with E-state index in [1.807, 2.05) is 4.90 Å². The van der Waals surface area contributed by atoms with Gasteiger partial charge in [-0.1, -0.05) is 6.42 Å². The van der Waals surface area contributed by atoms with E-state index in [4.69, 9.17) is 0 Å². The van der Waals surface area contributed by atoms with E-state index < -0.39 is 0 Å². The SMILES string of the molecule is O=C1CCC2CN(C(=O)C3CCCCN3)CCC2N1. The molecule has 0 aliphatic carbocycles. The Morgan fingerprint density at radius 3 is 2.89 bits per heavy atom. The van der Waals surface area contributed by atoms with Gasteiger partial charge in [-0.25, -0.2) is 0 Å². The summed E-state index contributed by atoms with van der Waals surface area (Å²) in [7, 11) is 0. The summed E-state index contributed by atoms with van der Waals surface area (Å²) in [5, 5.41) is 6.40. The van der Waals surface area contributed by atoms with E-state index in [2.05, 4.69) is 10.6 Å². The van der Waals surface area contributed by atoms with Crippen LogP contribution in [-0.2, 0) is 9.59 Å². The molecule has 3 fully saturated rings. The Hall–Kier alpha value is -1.10. The normalized spacial score (nSPS) is 35.5. The zero-order valence-electron chi connectivity index (χ0n) is 11.4. The lowest BCUT2D eigenvalue weighted by atomic mass is 9.85. The maximum Gasteiger partial charge on any atom is 0.239 e. The van der Waals surface area contributed by atoms with Crippen molar-refractivity contribution in [1.29, 1.82) is 0 Å². The number of likely N-dealkylation sites (tertiary alicyclic amines) is 1. The molecule has 0 radical (unpaired) electrons. The molecule has 3 saturated heterocycles. The van der Waals surface area contributed by atoms with Crippen LogP contribution in [0, 0.1) is 5.92 Å². The number of carbonyl (C=O) groups is 2. The number of hydrogen-bond donors (Lipinski definition) is 2. The highest BCUT2D eigenvalue weighted by atomic mass is 16.2. The standard InChI is InChI=1S/C14H23N3O2/c18-13-5-4-10-9-17(8-6-11(10)16-13)14(19)12-3-1-2-7-15-12/h10-12,15H,1-9H2,(H,16,18). The molecule has 3 rings (SSSR count). The highest BCUT2D eigenvalue weighted by Crippen LogP contribution is 2.26. The second-order valence-electron chi connectivity index (χ2n) is 6.05. The van der Waals surface area contributed by atoms with E-state index in [0.717, 1.165) is 45.3 Å². The van der Waals surface area contributed by atoms with Crippen molar-refractivity contribution in [2.75, 3.05) is 19.6 Å². The summed E-state index contributed by atoms with van der Waals surface area (Å²) in [5.74, 6) is 0.906. The van der Waals surface area contributed by atoms with Crippen LogP contribution in [0.5, 0.6) is 0 Å². The topological polar surface area (TPSA) is 61.4 Å². The van der Waals surface area contributed by atoms with Crippen LogP contribution in [0.25, 0.3) is 0 Å². The van der Waals surface area contributed by atoms with Crippen LogP contribution in [0.1, 0.15) is 38.5 Å². The van der Waals surface area contributed by atoms with Gasteiger partial charge in [0.05, 0.1) is 6.04 Å². The Labute approximate surface area is 114 Å². The Bertz CT molecular complexity index is 366. The summed E-state index contributed by atoms with van der Waals surface area (Å²) in [4.78, 5) is 25.9. The molecule has 2 amide bonds. The third-order valence-electron chi connectivity index (χ3n) is 4.74. The van der Waals surface area contributed by atoms with Gasteiger partial charge in [-0.2, -0.15) is 0 Å². The number of carbonyl (C=O) groups excluding carboxylic acids is 2. The summed E-state index contributed by atoms with van der Waals surface area (Å²) in [5.41, 5.74) is 0. The molecule has 3 heterocycles. The van der Waals surface area contributed by atoms with Gasteiger partial charge in [-0.15, -0.1) is 0 Å². The monoisotopic (exact) mass is 265 g/mol. The van der Waals surface area contributed by atoms with Crippen molar-refractivity contribution in [3.8, 4) is 0 Å². The zero-order chi connectivity index (χ0) is 13.2. The smallest absolute Gasteiger partial charge is 0.239 e. The fourth-order valence-corrected chi connectivity index (χ4v) is 3.59. The predicted molar refractivity (Wildman–Crippen MR) is 71.5 cm³/mol. The van der Waals surface area contributed by atoms with Gasteiger partial charge in [0.2, 0.25) is 11.8 Å². The van der Waals surface area contributed by atoms with Crippen LogP contribution in [0.4, 0.5) is 0 Å². The fraction of sp³-hybridized carbons (Fsp3) is 0.857. The van der Waals surface area contributed by atoms with E-state index in [1.54, 1.807) is 0 Å². The van der Waals surface area contributed by atoms with Crippen LogP contribution in [-0.4, -0.2) is 48.4 Å². The summed E-state index contributed by atoms with van der Waals surface area (Å²) < 4.78 is 0. The molecule has 0 saturated carbocycles. The second-order valence-corrected chi connectivity index (χ2v) is 6.05. The molecule has 0 bridgehead atoms. The van der Waals surface area contributed by atoms with Gasteiger partial charge < -0.3 is 15.5 Å². The lowest BCUT2D eigenvalue weighted by Crippen LogP contribution is -2.58. The number of fused-ring (bicyclic) bond motifs is 1. The van der Waals surface area contributed by atoms with Gasteiger partial charge in [0.1, 0.15) is 0 Å². The van der Waals surface area contributed by atoms with Crippen molar-refractivity contribution < 1.29 is 9.59 Å². The Morgan fingerprint density at radius 1 is 1.21 bits per heavy atom. The summed E-state index contributed by atoms with van der Waals surface area (Å²) in [6.07, 6.45) is 5.76. The molecule has 2 N–H and O–H groups in total. The molecule has 5 nitrogen and oxygen atoms in total. The summed E-state index contributed by atoms with van der Waals surface area (Å²) >= 11 is 0. The fourth-order valence-electron chi connectivity index (χ4n) is 3.59. The van der Waals surface area contributed by atoms with Gasteiger partial charge in [0, 0.05) is 25.6 Å². The van der Waals surface area contributed by atoms with E-state index >= 15 is 0 Å². The van der Waals surface area contributed by atoms with E-state index in [9.17, 15) is 9.59 Å². The maximum absolute atomic E-state index is 12.5. The Kier molecular flexibility index (Phi) is 3.73. The first-order valence-electron chi connectivity index (χ1n) is 7.55. The molecule has 0 aromatic carbocycles. The third kappa shape index (κ3) is 2.76. The van der Waals surface area contributed by atoms with Crippen LogP contribution < -0.4 is 10.6 Å². The Balaban J connectivity index is 1.58.